The van der Waals surface area contributed by atoms with E-state index in [9.17, 15) is 27.3 Å². The first-order valence-electron chi connectivity index (χ1n) is 9.26. The second kappa shape index (κ2) is 7.63. The fourth-order valence-corrected chi connectivity index (χ4v) is 4.68. The number of nitro groups is 1. The molecule has 0 spiro atoms. The van der Waals surface area contributed by atoms with Crippen LogP contribution in [0.5, 0.6) is 0 Å². The number of fused-ring (bicyclic) bond motifs is 1. The van der Waals surface area contributed by atoms with E-state index in [0.29, 0.717) is 19.2 Å². The highest BCUT2D eigenvalue weighted by molar-refractivity contribution is 7.91. The number of alkyl halides is 2. The molecule has 0 amide bonds. The van der Waals surface area contributed by atoms with Crippen LogP contribution >= 0.6 is 0 Å². The SMILES string of the molecule is O=[N+]([O-])c1cc(S(=O)(=O)C(F)F)ccc1N1CCC(c2c[nH]c3ncccc23)CC1. The number of rotatable bonds is 5. The van der Waals surface area contributed by atoms with Crippen molar-refractivity contribution >= 4 is 32.2 Å². The molecule has 1 aliphatic heterocycles. The third kappa shape index (κ3) is 3.49. The average Bonchev–Trinajstić information content (AvgIpc) is 3.17. The van der Waals surface area contributed by atoms with Gasteiger partial charge in [0, 0.05) is 36.9 Å². The molecule has 0 bridgehead atoms. The van der Waals surface area contributed by atoms with Gasteiger partial charge >= 0.3 is 5.76 Å². The molecule has 1 saturated heterocycles. The number of piperidine rings is 1. The number of aromatic amines is 1. The van der Waals surface area contributed by atoms with Crippen molar-refractivity contribution in [1.82, 2.24) is 9.97 Å². The van der Waals surface area contributed by atoms with Crippen LogP contribution in [-0.2, 0) is 9.84 Å². The minimum Gasteiger partial charge on any atom is -0.366 e. The van der Waals surface area contributed by atoms with Crippen molar-refractivity contribution in [3.63, 3.8) is 0 Å². The molecule has 0 saturated carbocycles. The molecule has 8 nitrogen and oxygen atoms in total. The van der Waals surface area contributed by atoms with Crippen molar-refractivity contribution < 1.29 is 22.1 Å². The van der Waals surface area contributed by atoms with Gasteiger partial charge in [0.25, 0.3) is 5.69 Å². The first-order chi connectivity index (χ1) is 14.3. The standard InChI is InChI=1S/C19H18F2N4O4S/c20-19(21)30(28,29)13-3-4-16(17(10-13)25(26)27)24-8-5-12(6-9-24)15-11-23-18-14(15)2-1-7-22-18/h1-4,7,10-12,19H,5-6,8-9H2,(H,22,23). The maximum Gasteiger partial charge on any atom is 0.341 e. The Morgan fingerprint density at radius 1 is 1.23 bits per heavy atom. The Balaban J connectivity index is 1.58. The van der Waals surface area contributed by atoms with Gasteiger partial charge in [-0.25, -0.2) is 13.4 Å². The lowest BCUT2D eigenvalue weighted by molar-refractivity contribution is -0.384. The molecule has 158 valence electrons. The molecule has 3 aromatic rings. The fraction of sp³-hybridized carbons (Fsp3) is 0.316. The molecule has 1 aromatic carbocycles. The predicted molar refractivity (Wildman–Crippen MR) is 107 cm³/mol. The molecule has 2 aromatic heterocycles. The van der Waals surface area contributed by atoms with Gasteiger partial charge in [-0.15, -0.1) is 0 Å². The predicted octanol–water partition coefficient (Wildman–Crippen LogP) is 3.85. The number of nitrogens with zero attached hydrogens (tertiary/aromatic N) is 3. The Morgan fingerprint density at radius 3 is 2.63 bits per heavy atom. The van der Waals surface area contributed by atoms with Crippen molar-refractivity contribution in [1.29, 1.82) is 0 Å². The molecule has 0 atom stereocenters. The van der Waals surface area contributed by atoms with Gasteiger partial charge in [-0.3, -0.25) is 10.1 Å². The van der Waals surface area contributed by atoms with E-state index in [2.05, 4.69) is 9.97 Å². The molecule has 3 heterocycles. The van der Waals surface area contributed by atoms with E-state index < -0.39 is 31.1 Å². The zero-order valence-electron chi connectivity index (χ0n) is 15.7. The van der Waals surface area contributed by atoms with Gasteiger partial charge in [0.15, 0.2) is 0 Å². The summed E-state index contributed by atoms with van der Waals surface area (Å²) < 4.78 is 49.0. The molecule has 1 N–H and O–H groups in total. The lowest BCUT2D eigenvalue weighted by Gasteiger charge is -2.33. The van der Waals surface area contributed by atoms with Gasteiger partial charge in [-0.2, -0.15) is 8.78 Å². The van der Waals surface area contributed by atoms with E-state index in [0.717, 1.165) is 35.5 Å². The quantitative estimate of drug-likeness (QED) is 0.481. The highest BCUT2D eigenvalue weighted by Gasteiger charge is 2.32. The van der Waals surface area contributed by atoms with Crippen molar-refractivity contribution in [2.75, 3.05) is 18.0 Å². The summed E-state index contributed by atoms with van der Waals surface area (Å²) in [5, 5.41) is 12.5. The van der Waals surface area contributed by atoms with Crippen LogP contribution in [0.4, 0.5) is 20.2 Å². The largest absolute Gasteiger partial charge is 0.366 e. The Bertz CT molecular complexity index is 1200. The van der Waals surface area contributed by atoms with Gasteiger partial charge in [0.1, 0.15) is 11.3 Å². The minimum absolute atomic E-state index is 0.229. The summed E-state index contributed by atoms with van der Waals surface area (Å²) in [5.74, 6) is -3.39. The van der Waals surface area contributed by atoms with Gasteiger partial charge < -0.3 is 9.88 Å². The Labute approximate surface area is 170 Å². The van der Waals surface area contributed by atoms with Gasteiger partial charge in [-0.05, 0) is 48.6 Å². The second-order valence-electron chi connectivity index (χ2n) is 7.12. The number of anilines is 1. The van der Waals surface area contributed by atoms with E-state index in [4.69, 9.17) is 0 Å². The number of pyridine rings is 1. The van der Waals surface area contributed by atoms with Crippen LogP contribution in [0.15, 0.2) is 47.6 Å². The number of halogens is 2. The smallest absolute Gasteiger partial charge is 0.341 e. The van der Waals surface area contributed by atoms with E-state index in [1.807, 2.05) is 18.3 Å². The van der Waals surface area contributed by atoms with Crippen LogP contribution < -0.4 is 4.90 Å². The summed E-state index contributed by atoms with van der Waals surface area (Å²) >= 11 is 0. The normalized spacial score (nSPS) is 15.8. The van der Waals surface area contributed by atoms with Crippen LogP contribution in [0.25, 0.3) is 11.0 Å². The number of hydrogen-bond donors (Lipinski definition) is 1. The second-order valence-corrected chi connectivity index (χ2v) is 9.04. The number of sulfone groups is 1. The lowest BCUT2D eigenvalue weighted by atomic mass is 9.89. The van der Waals surface area contributed by atoms with Crippen LogP contribution in [-0.4, -0.2) is 42.2 Å². The number of benzene rings is 1. The number of hydrogen-bond acceptors (Lipinski definition) is 6. The molecular formula is C19H18F2N4O4S. The first kappa shape index (κ1) is 20.2. The van der Waals surface area contributed by atoms with E-state index in [1.54, 1.807) is 11.1 Å². The van der Waals surface area contributed by atoms with E-state index in [1.165, 1.54) is 6.07 Å². The molecule has 30 heavy (non-hydrogen) atoms. The van der Waals surface area contributed by atoms with E-state index >= 15 is 0 Å². The zero-order chi connectivity index (χ0) is 21.5. The molecule has 4 rings (SSSR count). The van der Waals surface area contributed by atoms with Crippen molar-refractivity contribution in [2.24, 2.45) is 0 Å². The van der Waals surface area contributed by atoms with Crippen LogP contribution in [0.1, 0.15) is 24.3 Å². The highest BCUT2D eigenvalue weighted by atomic mass is 32.2. The lowest BCUT2D eigenvalue weighted by Crippen LogP contribution is -2.33. The molecule has 1 fully saturated rings. The fourth-order valence-electron chi connectivity index (χ4n) is 3.94. The van der Waals surface area contributed by atoms with Gasteiger partial charge in [-0.1, -0.05) is 0 Å². The number of nitrogens with one attached hydrogen (secondary N) is 1. The van der Waals surface area contributed by atoms with Crippen molar-refractivity contribution in [3.8, 4) is 0 Å². The van der Waals surface area contributed by atoms with Gasteiger partial charge in [0.05, 0.1) is 9.82 Å². The number of aromatic nitrogens is 2. The molecule has 0 unspecified atom stereocenters. The summed E-state index contributed by atoms with van der Waals surface area (Å²) in [6, 6.07) is 6.82. The molecule has 0 aliphatic carbocycles. The van der Waals surface area contributed by atoms with Crippen LogP contribution in [0, 0.1) is 10.1 Å². The summed E-state index contributed by atoms with van der Waals surface area (Å²) in [6.07, 6.45) is 5.11. The maximum absolute atomic E-state index is 12.8. The van der Waals surface area contributed by atoms with Crippen LogP contribution in [0.3, 0.4) is 0 Å². The third-order valence-electron chi connectivity index (χ3n) is 5.47. The Hall–Kier alpha value is -3.08. The number of H-pyrrole nitrogens is 1. The number of nitro benzene ring substituents is 1. The Kier molecular flexibility index (Phi) is 5.14. The van der Waals surface area contributed by atoms with Gasteiger partial charge in [0.2, 0.25) is 9.84 Å². The van der Waals surface area contributed by atoms with E-state index in [-0.39, 0.29) is 11.6 Å². The summed E-state index contributed by atoms with van der Waals surface area (Å²) in [5.41, 5.74) is 1.69. The summed E-state index contributed by atoms with van der Waals surface area (Å²) in [7, 11) is -4.91. The molecule has 0 radical (unpaired) electrons. The van der Waals surface area contributed by atoms with Crippen LogP contribution in [0.2, 0.25) is 0 Å². The molecular weight excluding hydrogens is 418 g/mol. The summed E-state index contributed by atoms with van der Waals surface area (Å²) in [4.78, 5) is 19.2. The minimum atomic E-state index is -4.91. The van der Waals surface area contributed by atoms with Crippen molar-refractivity contribution in [3.05, 3.63) is 58.4 Å². The van der Waals surface area contributed by atoms with Crippen molar-refractivity contribution in [2.45, 2.75) is 29.4 Å². The Morgan fingerprint density at radius 2 is 1.97 bits per heavy atom. The first-order valence-corrected chi connectivity index (χ1v) is 10.8. The summed E-state index contributed by atoms with van der Waals surface area (Å²) in [6.45, 7) is 1.03. The average molecular weight is 436 g/mol. The topological polar surface area (TPSA) is 109 Å². The zero-order valence-corrected chi connectivity index (χ0v) is 16.5. The highest BCUT2D eigenvalue weighted by Crippen LogP contribution is 2.38. The molecule has 11 heteroatoms. The monoisotopic (exact) mass is 436 g/mol. The third-order valence-corrected chi connectivity index (χ3v) is 6.85. The molecule has 1 aliphatic rings. The maximum atomic E-state index is 12.8.